The third-order valence-corrected chi connectivity index (χ3v) is 3.93. The second-order valence-corrected chi connectivity index (χ2v) is 5.12. The molecule has 1 fully saturated rings. The summed E-state index contributed by atoms with van der Waals surface area (Å²) in [5, 5.41) is 2.24. The normalized spacial score (nSPS) is 17.9. The molecule has 1 aliphatic rings. The van der Waals surface area contributed by atoms with Crippen molar-refractivity contribution < 1.29 is 13.2 Å². The molecule has 0 bridgehead atoms. The second kappa shape index (κ2) is 4.51. The summed E-state index contributed by atoms with van der Waals surface area (Å²) in [7, 11) is 0. The monoisotopic (exact) mass is 312 g/mol. The average Bonchev–Trinajstić information content (AvgIpc) is 2.75. The Bertz CT molecular complexity index is 457. The molecule has 0 spiro atoms. The zero-order valence-electron chi connectivity index (χ0n) is 8.98. The largest absolute Gasteiger partial charge is 0.424 e. The first-order valence-electron chi connectivity index (χ1n) is 5.45. The Morgan fingerprint density at radius 1 is 1.35 bits per heavy atom. The first kappa shape index (κ1) is 12.7. The van der Waals surface area contributed by atoms with E-state index in [0.717, 1.165) is 25.7 Å². The van der Waals surface area contributed by atoms with E-state index in [2.05, 4.69) is 21.0 Å². The third-order valence-electron chi connectivity index (χ3n) is 3.11. The minimum Gasteiger partial charge on any atom is -0.277 e. The van der Waals surface area contributed by atoms with Crippen molar-refractivity contribution in [3.8, 4) is 0 Å². The molecule has 2 rings (SSSR count). The highest BCUT2D eigenvalue weighted by molar-refractivity contribution is 9.10. The van der Waals surface area contributed by atoms with Crippen molar-refractivity contribution in [3.63, 3.8) is 0 Å². The molecule has 0 aliphatic heterocycles. The van der Waals surface area contributed by atoms with Crippen molar-refractivity contribution in [2.45, 2.75) is 38.4 Å². The Morgan fingerprint density at radius 3 is 2.41 bits per heavy atom. The van der Waals surface area contributed by atoms with Crippen molar-refractivity contribution in [1.82, 2.24) is 9.78 Å². The van der Waals surface area contributed by atoms with E-state index in [1.54, 1.807) is 0 Å². The van der Waals surface area contributed by atoms with Crippen molar-refractivity contribution in [2.24, 2.45) is 5.92 Å². The number of hydrogen-bond donors (Lipinski definition) is 1. The standard InChI is InChI=1S/C10H12BrF3N2O/c11-8-7(10(12,13)14)9(17)15-16(8)5-6-3-1-2-4-6/h6H,1-5H2,(H,15,17). The van der Waals surface area contributed by atoms with E-state index < -0.39 is 17.3 Å². The zero-order valence-corrected chi connectivity index (χ0v) is 10.6. The van der Waals surface area contributed by atoms with Gasteiger partial charge in [-0.05, 0) is 34.7 Å². The highest BCUT2D eigenvalue weighted by atomic mass is 79.9. The van der Waals surface area contributed by atoms with Crippen LogP contribution in [0.2, 0.25) is 0 Å². The van der Waals surface area contributed by atoms with E-state index >= 15 is 0 Å². The van der Waals surface area contributed by atoms with Gasteiger partial charge in [0, 0.05) is 6.54 Å². The van der Waals surface area contributed by atoms with Crippen LogP contribution in [0.4, 0.5) is 13.2 Å². The smallest absolute Gasteiger partial charge is 0.277 e. The summed E-state index contributed by atoms with van der Waals surface area (Å²) in [6.45, 7) is 0.436. The number of aromatic amines is 1. The van der Waals surface area contributed by atoms with Crippen LogP contribution in [0.5, 0.6) is 0 Å². The molecule has 1 aromatic heterocycles. The summed E-state index contributed by atoms with van der Waals surface area (Å²) >= 11 is 2.86. The van der Waals surface area contributed by atoms with Crippen LogP contribution in [0.3, 0.4) is 0 Å². The fourth-order valence-electron chi connectivity index (χ4n) is 2.28. The van der Waals surface area contributed by atoms with Crippen LogP contribution in [0.15, 0.2) is 9.40 Å². The third kappa shape index (κ3) is 2.59. The van der Waals surface area contributed by atoms with Gasteiger partial charge in [0.25, 0.3) is 5.56 Å². The molecule has 1 N–H and O–H groups in total. The van der Waals surface area contributed by atoms with Crippen LogP contribution >= 0.6 is 15.9 Å². The van der Waals surface area contributed by atoms with Gasteiger partial charge in [-0.25, -0.2) is 0 Å². The number of nitrogens with one attached hydrogen (secondary N) is 1. The predicted molar refractivity (Wildman–Crippen MR) is 59.7 cm³/mol. The molecule has 0 aromatic carbocycles. The summed E-state index contributed by atoms with van der Waals surface area (Å²) in [6.07, 6.45) is -0.380. The topological polar surface area (TPSA) is 37.8 Å². The number of halogens is 4. The Balaban J connectivity index is 2.27. The van der Waals surface area contributed by atoms with Gasteiger partial charge in [0.2, 0.25) is 0 Å². The van der Waals surface area contributed by atoms with Crippen LogP contribution in [0.1, 0.15) is 31.2 Å². The van der Waals surface area contributed by atoms with Gasteiger partial charge >= 0.3 is 6.18 Å². The van der Waals surface area contributed by atoms with E-state index in [0.29, 0.717) is 12.5 Å². The fourth-order valence-corrected chi connectivity index (χ4v) is 2.92. The van der Waals surface area contributed by atoms with E-state index in [9.17, 15) is 18.0 Å². The first-order valence-corrected chi connectivity index (χ1v) is 6.24. The predicted octanol–water partition coefficient (Wildman–Crippen LogP) is 3.15. The van der Waals surface area contributed by atoms with Crippen LogP contribution in [0.25, 0.3) is 0 Å². The Labute approximate surface area is 104 Å². The Morgan fingerprint density at radius 2 is 1.94 bits per heavy atom. The van der Waals surface area contributed by atoms with Crippen LogP contribution in [-0.4, -0.2) is 9.78 Å². The van der Waals surface area contributed by atoms with Gasteiger partial charge in [-0.2, -0.15) is 13.2 Å². The molecule has 7 heteroatoms. The van der Waals surface area contributed by atoms with Gasteiger partial charge < -0.3 is 0 Å². The maximum atomic E-state index is 12.6. The SMILES string of the molecule is O=c1[nH]n(CC2CCCC2)c(Br)c1C(F)(F)F. The quantitative estimate of drug-likeness (QED) is 0.895. The lowest BCUT2D eigenvalue weighted by molar-refractivity contribution is -0.139. The first-order chi connectivity index (χ1) is 7.89. The number of hydrogen-bond acceptors (Lipinski definition) is 1. The highest BCUT2D eigenvalue weighted by Gasteiger charge is 2.39. The number of alkyl halides is 3. The van der Waals surface area contributed by atoms with Crippen molar-refractivity contribution >= 4 is 15.9 Å². The van der Waals surface area contributed by atoms with E-state index in [4.69, 9.17) is 0 Å². The Hall–Kier alpha value is -0.720. The van der Waals surface area contributed by atoms with Gasteiger partial charge in [0.1, 0.15) is 4.60 Å². The molecule has 1 aliphatic carbocycles. The molecule has 17 heavy (non-hydrogen) atoms. The van der Waals surface area contributed by atoms with Crippen molar-refractivity contribution in [3.05, 3.63) is 20.5 Å². The maximum absolute atomic E-state index is 12.6. The molecular weight excluding hydrogens is 301 g/mol. The molecular formula is C10H12BrF3N2O. The molecule has 0 saturated heterocycles. The summed E-state index contributed by atoms with van der Waals surface area (Å²) in [6, 6.07) is 0. The van der Waals surface area contributed by atoms with Crippen molar-refractivity contribution in [2.75, 3.05) is 0 Å². The molecule has 1 saturated carbocycles. The number of H-pyrrole nitrogens is 1. The van der Waals surface area contributed by atoms with E-state index in [-0.39, 0.29) is 4.60 Å². The zero-order chi connectivity index (χ0) is 12.6. The minimum atomic E-state index is -4.62. The lowest BCUT2D eigenvalue weighted by Crippen LogP contribution is -2.17. The minimum absolute atomic E-state index is 0.193. The van der Waals surface area contributed by atoms with Gasteiger partial charge in [0.15, 0.2) is 5.56 Å². The summed E-state index contributed by atoms with van der Waals surface area (Å²) in [5.41, 5.74) is -2.22. The number of nitrogens with zero attached hydrogens (tertiary/aromatic N) is 1. The van der Waals surface area contributed by atoms with Crippen LogP contribution < -0.4 is 5.56 Å². The number of rotatable bonds is 2. The molecule has 3 nitrogen and oxygen atoms in total. The molecule has 96 valence electrons. The summed E-state index contributed by atoms with van der Waals surface area (Å²) in [4.78, 5) is 11.3. The Kier molecular flexibility index (Phi) is 3.38. The molecule has 0 amide bonds. The lowest BCUT2D eigenvalue weighted by atomic mass is 10.1. The van der Waals surface area contributed by atoms with Crippen LogP contribution in [0, 0.1) is 5.92 Å². The lowest BCUT2D eigenvalue weighted by Gasteiger charge is -2.11. The van der Waals surface area contributed by atoms with Crippen molar-refractivity contribution in [1.29, 1.82) is 0 Å². The average molecular weight is 313 g/mol. The molecule has 1 heterocycles. The van der Waals surface area contributed by atoms with Crippen LogP contribution in [-0.2, 0) is 12.7 Å². The highest BCUT2D eigenvalue weighted by Crippen LogP contribution is 2.33. The summed E-state index contributed by atoms with van der Waals surface area (Å²) < 4.78 is 38.8. The molecule has 0 radical (unpaired) electrons. The van der Waals surface area contributed by atoms with E-state index in [1.165, 1.54) is 4.68 Å². The van der Waals surface area contributed by atoms with E-state index in [1.807, 2.05) is 0 Å². The fraction of sp³-hybridized carbons (Fsp3) is 0.700. The molecule has 0 unspecified atom stereocenters. The van der Waals surface area contributed by atoms with Gasteiger partial charge in [-0.15, -0.1) is 0 Å². The van der Waals surface area contributed by atoms with Gasteiger partial charge in [-0.1, -0.05) is 12.8 Å². The number of aromatic nitrogens is 2. The van der Waals surface area contributed by atoms with Gasteiger partial charge in [0.05, 0.1) is 0 Å². The molecule has 0 atom stereocenters. The van der Waals surface area contributed by atoms with Gasteiger partial charge in [-0.3, -0.25) is 14.6 Å². The maximum Gasteiger partial charge on any atom is 0.424 e. The summed E-state index contributed by atoms with van der Waals surface area (Å²) in [5.74, 6) is 0.357. The molecule has 1 aromatic rings. The second-order valence-electron chi connectivity index (χ2n) is 4.37.